The maximum atomic E-state index is 12.3. The summed E-state index contributed by atoms with van der Waals surface area (Å²) in [4.78, 5) is 12.3. The molecule has 1 aromatic carbocycles. The molecule has 0 saturated carbocycles. The predicted molar refractivity (Wildman–Crippen MR) is 71.4 cm³/mol. The third-order valence-electron chi connectivity index (χ3n) is 3.75. The topological polar surface area (TPSA) is 49.3 Å². The molecule has 1 aromatic rings. The van der Waals surface area contributed by atoms with Gasteiger partial charge >= 0.3 is 0 Å². The van der Waals surface area contributed by atoms with Crippen molar-refractivity contribution in [3.63, 3.8) is 0 Å². The fourth-order valence-electron chi connectivity index (χ4n) is 2.60. The Kier molecular flexibility index (Phi) is 4.37. The smallest absolute Gasteiger partial charge is 0.227 e. The number of hydrogen-bond donors (Lipinski definition) is 2. The summed E-state index contributed by atoms with van der Waals surface area (Å²) < 4.78 is 0. The lowest BCUT2D eigenvalue weighted by atomic mass is 9.82. The Bertz CT molecular complexity index is 413. The summed E-state index contributed by atoms with van der Waals surface area (Å²) in [7, 11) is 0. The first-order valence-electron chi connectivity index (χ1n) is 6.75. The van der Waals surface area contributed by atoms with E-state index >= 15 is 0 Å². The molecule has 0 radical (unpaired) electrons. The Labute approximate surface area is 108 Å². The molecule has 2 atom stereocenters. The first-order valence-corrected chi connectivity index (χ1v) is 6.75. The van der Waals surface area contributed by atoms with E-state index in [2.05, 4.69) is 17.4 Å². The number of benzene rings is 1. The minimum atomic E-state index is -0.119. The number of aryl methyl sites for hydroxylation is 1. The molecule has 0 saturated heterocycles. The van der Waals surface area contributed by atoms with Gasteiger partial charge in [-0.15, -0.1) is 0 Å². The molecule has 1 unspecified atom stereocenters. The van der Waals surface area contributed by atoms with Gasteiger partial charge in [0.1, 0.15) is 0 Å². The molecule has 98 valence electrons. The maximum absolute atomic E-state index is 12.3. The van der Waals surface area contributed by atoms with Gasteiger partial charge in [0.15, 0.2) is 0 Å². The summed E-state index contributed by atoms with van der Waals surface area (Å²) in [6, 6.07) is 8.07. The lowest BCUT2D eigenvalue weighted by Crippen LogP contribution is -2.40. The molecule has 1 aliphatic carbocycles. The van der Waals surface area contributed by atoms with E-state index in [1.165, 1.54) is 5.56 Å². The largest absolute Gasteiger partial charge is 0.394 e. The van der Waals surface area contributed by atoms with Crippen LogP contribution in [-0.4, -0.2) is 23.7 Å². The molecular formula is C15H21NO2. The van der Waals surface area contributed by atoms with Crippen molar-refractivity contribution >= 4 is 5.91 Å². The van der Waals surface area contributed by atoms with Gasteiger partial charge in [-0.3, -0.25) is 4.79 Å². The highest BCUT2D eigenvalue weighted by Gasteiger charge is 2.26. The van der Waals surface area contributed by atoms with Crippen LogP contribution in [0, 0.1) is 0 Å². The van der Waals surface area contributed by atoms with Gasteiger partial charge in [0.25, 0.3) is 0 Å². The standard InChI is InChI=1S/C15H21NO2/c1-2-12(10-17)16-15(18)14-9-5-7-11-6-3-4-8-13(11)14/h3-4,6,8,12,14,17H,2,5,7,9-10H2,1H3,(H,16,18)/t12-,14?/m1/s1. The van der Waals surface area contributed by atoms with E-state index in [1.807, 2.05) is 19.1 Å². The van der Waals surface area contributed by atoms with Gasteiger partial charge in [-0.2, -0.15) is 0 Å². The van der Waals surface area contributed by atoms with Crippen LogP contribution in [0.4, 0.5) is 0 Å². The Hall–Kier alpha value is -1.35. The molecule has 3 nitrogen and oxygen atoms in total. The zero-order chi connectivity index (χ0) is 13.0. The summed E-state index contributed by atoms with van der Waals surface area (Å²) in [5.74, 6) is 0.0126. The fraction of sp³-hybridized carbons (Fsp3) is 0.533. The van der Waals surface area contributed by atoms with Crippen LogP contribution in [0.25, 0.3) is 0 Å². The Balaban J connectivity index is 2.12. The third-order valence-corrected chi connectivity index (χ3v) is 3.75. The van der Waals surface area contributed by atoms with Crippen molar-refractivity contribution in [2.24, 2.45) is 0 Å². The highest BCUT2D eigenvalue weighted by molar-refractivity contribution is 5.84. The zero-order valence-electron chi connectivity index (χ0n) is 10.9. The van der Waals surface area contributed by atoms with Gasteiger partial charge in [0.05, 0.1) is 18.6 Å². The van der Waals surface area contributed by atoms with E-state index in [1.54, 1.807) is 0 Å². The average molecular weight is 247 g/mol. The van der Waals surface area contributed by atoms with Gasteiger partial charge in [-0.25, -0.2) is 0 Å². The predicted octanol–water partition coefficient (Wildman–Crippen LogP) is 1.99. The van der Waals surface area contributed by atoms with Crippen molar-refractivity contribution in [2.45, 2.75) is 44.6 Å². The highest BCUT2D eigenvalue weighted by Crippen LogP contribution is 2.31. The van der Waals surface area contributed by atoms with Crippen molar-refractivity contribution in [3.05, 3.63) is 35.4 Å². The maximum Gasteiger partial charge on any atom is 0.227 e. The van der Waals surface area contributed by atoms with Gasteiger partial charge < -0.3 is 10.4 Å². The van der Waals surface area contributed by atoms with Crippen molar-refractivity contribution < 1.29 is 9.90 Å². The number of nitrogens with one attached hydrogen (secondary N) is 1. The van der Waals surface area contributed by atoms with Gasteiger partial charge in [-0.1, -0.05) is 31.2 Å². The molecule has 1 aliphatic rings. The van der Waals surface area contributed by atoms with Gasteiger partial charge in [0, 0.05) is 0 Å². The minimum absolute atomic E-state index is 0.0105. The van der Waals surface area contributed by atoms with Gasteiger partial charge in [-0.05, 0) is 36.8 Å². The van der Waals surface area contributed by atoms with E-state index in [-0.39, 0.29) is 24.5 Å². The number of fused-ring (bicyclic) bond motifs is 1. The monoisotopic (exact) mass is 247 g/mol. The summed E-state index contributed by atoms with van der Waals surface area (Å²) in [6.45, 7) is 1.98. The van der Waals surface area contributed by atoms with Crippen LogP contribution in [-0.2, 0) is 11.2 Å². The minimum Gasteiger partial charge on any atom is -0.394 e. The van der Waals surface area contributed by atoms with Gasteiger partial charge in [0.2, 0.25) is 5.91 Å². The van der Waals surface area contributed by atoms with Crippen molar-refractivity contribution in [2.75, 3.05) is 6.61 Å². The van der Waals surface area contributed by atoms with E-state index in [0.29, 0.717) is 0 Å². The summed E-state index contributed by atoms with van der Waals surface area (Å²) in [5.41, 5.74) is 2.45. The van der Waals surface area contributed by atoms with E-state index in [4.69, 9.17) is 5.11 Å². The molecule has 0 bridgehead atoms. The third kappa shape index (κ3) is 2.72. The zero-order valence-corrected chi connectivity index (χ0v) is 10.9. The SMILES string of the molecule is CC[C@H](CO)NC(=O)C1CCCc2ccccc21. The molecule has 18 heavy (non-hydrogen) atoms. The molecule has 0 heterocycles. The van der Waals surface area contributed by atoms with Crippen LogP contribution in [0.15, 0.2) is 24.3 Å². The Morgan fingerprint density at radius 2 is 2.28 bits per heavy atom. The molecule has 1 amide bonds. The number of hydrogen-bond acceptors (Lipinski definition) is 2. The lowest BCUT2D eigenvalue weighted by Gasteiger charge is -2.26. The fourth-order valence-corrected chi connectivity index (χ4v) is 2.60. The van der Waals surface area contributed by atoms with Crippen molar-refractivity contribution in [3.8, 4) is 0 Å². The molecule has 2 N–H and O–H groups in total. The first-order chi connectivity index (χ1) is 8.76. The summed E-state index contributed by atoms with van der Waals surface area (Å²) in [6.07, 6.45) is 3.80. The van der Waals surface area contributed by atoms with Crippen LogP contribution in [0.3, 0.4) is 0 Å². The first kappa shape index (κ1) is 13.1. The normalized spacial score (nSPS) is 20.0. The Morgan fingerprint density at radius 3 is 3.00 bits per heavy atom. The molecule has 3 heteroatoms. The number of amides is 1. The van der Waals surface area contributed by atoms with Crippen molar-refractivity contribution in [1.82, 2.24) is 5.32 Å². The number of aliphatic hydroxyl groups excluding tert-OH is 1. The number of carbonyl (C=O) groups excluding carboxylic acids is 1. The lowest BCUT2D eigenvalue weighted by molar-refractivity contribution is -0.123. The van der Waals surface area contributed by atoms with Crippen LogP contribution in [0.1, 0.15) is 43.2 Å². The van der Waals surface area contributed by atoms with Crippen LogP contribution >= 0.6 is 0 Å². The number of aliphatic hydroxyl groups is 1. The Morgan fingerprint density at radius 1 is 1.50 bits per heavy atom. The van der Waals surface area contributed by atoms with E-state index < -0.39 is 0 Å². The second-order valence-electron chi connectivity index (χ2n) is 4.94. The second kappa shape index (κ2) is 6.01. The van der Waals surface area contributed by atoms with Crippen LogP contribution < -0.4 is 5.32 Å². The van der Waals surface area contributed by atoms with E-state index in [9.17, 15) is 4.79 Å². The molecular weight excluding hydrogens is 226 g/mol. The molecule has 0 aliphatic heterocycles. The molecule has 0 fully saturated rings. The van der Waals surface area contributed by atoms with Crippen LogP contribution in [0.5, 0.6) is 0 Å². The second-order valence-corrected chi connectivity index (χ2v) is 4.94. The molecule has 0 spiro atoms. The number of carbonyl (C=O) groups is 1. The quantitative estimate of drug-likeness (QED) is 0.855. The van der Waals surface area contributed by atoms with Crippen LogP contribution in [0.2, 0.25) is 0 Å². The number of rotatable bonds is 4. The molecule has 0 aromatic heterocycles. The average Bonchev–Trinajstić information content (AvgIpc) is 2.43. The highest BCUT2D eigenvalue weighted by atomic mass is 16.3. The van der Waals surface area contributed by atoms with E-state index in [0.717, 1.165) is 31.2 Å². The molecule has 2 rings (SSSR count). The summed E-state index contributed by atoms with van der Waals surface area (Å²) in [5, 5.41) is 12.1. The summed E-state index contributed by atoms with van der Waals surface area (Å²) >= 11 is 0. The van der Waals surface area contributed by atoms with Crippen molar-refractivity contribution in [1.29, 1.82) is 0 Å².